The first kappa shape index (κ1) is 20.1. The second-order valence-electron chi connectivity index (χ2n) is 6.36. The molecule has 10 heteroatoms. The number of carbonyl (C=O) groups is 1. The standard InChI is InChI=1S/C20H13FN2O5S2/c1-27-12-3-5-13(6-4-12)30(25,26)17(9-22)19(24)20-15-10-29-16-7-2-11(21)8-14(16)18(15)23-28-20/h2-8,17H,10H2,1H3. The molecule has 1 aliphatic heterocycles. The molecule has 2 heterocycles. The number of ether oxygens (including phenoxy) is 1. The van der Waals surface area contributed by atoms with Gasteiger partial charge >= 0.3 is 0 Å². The van der Waals surface area contributed by atoms with E-state index in [0.29, 0.717) is 16.9 Å². The zero-order chi connectivity index (χ0) is 21.5. The fraction of sp³-hybridized carbons (Fsp3) is 0.150. The van der Waals surface area contributed by atoms with Crippen LogP contribution in [0.5, 0.6) is 5.75 Å². The van der Waals surface area contributed by atoms with Gasteiger partial charge < -0.3 is 9.26 Å². The Morgan fingerprint density at radius 2 is 2.03 bits per heavy atom. The summed E-state index contributed by atoms with van der Waals surface area (Å²) >= 11 is 1.34. The third-order valence-electron chi connectivity index (χ3n) is 4.63. The Morgan fingerprint density at radius 3 is 2.70 bits per heavy atom. The molecule has 30 heavy (non-hydrogen) atoms. The van der Waals surface area contributed by atoms with Crippen LogP contribution >= 0.6 is 11.8 Å². The van der Waals surface area contributed by atoms with Crippen molar-refractivity contribution in [2.45, 2.75) is 20.8 Å². The number of ketones is 1. The van der Waals surface area contributed by atoms with Crippen LogP contribution in [-0.4, -0.2) is 31.7 Å². The molecule has 0 aliphatic carbocycles. The van der Waals surface area contributed by atoms with Crippen LogP contribution in [0.15, 0.2) is 56.8 Å². The van der Waals surface area contributed by atoms with E-state index in [9.17, 15) is 22.9 Å². The number of aromatic nitrogens is 1. The van der Waals surface area contributed by atoms with E-state index in [1.807, 2.05) is 0 Å². The Morgan fingerprint density at radius 1 is 1.30 bits per heavy atom. The van der Waals surface area contributed by atoms with Crippen molar-refractivity contribution in [3.05, 3.63) is 59.6 Å². The van der Waals surface area contributed by atoms with Crippen molar-refractivity contribution >= 4 is 27.4 Å². The van der Waals surface area contributed by atoms with Crippen LogP contribution in [0, 0.1) is 17.1 Å². The molecule has 7 nitrogen and oxygen atoms in total. The largest absolute Gasteiger partial charge is 0.497 e. The van der Waals surface area contributed by atoms with Crippen molar-refractivity contribution in [3.63, 3.8) is 0 Å². The number of nitriles is 1. The molecular weight excluding hydrogens is 431 g/mol. The number of carbonyl (C=O) groups excluding carboxylic acids is 1. The molecule has 0 spiro atoms. The van der Waals surface area contributed by atoms with E-state index in [1.54, 1.807) is 12.1 Å². The van der Waals surface area contributed by atoms with Gasteiger partial charge in [-0.25, -0.2) is 12.8 Å². The molecule has 1 unspecified atom stereocenters. The third-order valence-corrected chi connectivity index (χ3v) is 7.60. The molecule has 2 aromatic carbocycles. The molecule has 0 N–H and O–H groups in total. The van der Waals surface area contributed by atoms with Gasteiger partial charge in [0.2, 0.25) is 26.6 Å². The number of Topliss-reactive ketones (excluding diaryl/α,β-unsaturated/α-hetero) is 1. The van der Waals surface area contributed by atoms with E-state index in [1.165, 1.54) is 55.3 Å². The second kappa shape index (κ2) is 7.59. The maximum atomic E-state index is 13.7. The molecule has 0 bridgehead atoms. The predicted molar refractivity (Wildman–Crippen MR) is 105 cm³/mol. The number of methoxy groups -OCH3 is 1. The first-order valence-electron chi connectivity index (χ1n) is 8.60. The van der Waals surface area contributed by atoms with Crippen LogP contribution < -0.4 is 4.74 Å². The first-order valence-corrected chi connectivity index (χ1v) is 11.1. The average molecular weight is 444 g/mol. The second-order valence-corrected chi connectivity index (χ2v) is 9.41. The van der Waals surface area contributed by atoms with Crippen molar-refractivity contribution in [3.8, 4) is 23.1 Å². The lowest BCUT2D eigenvalue weighted by atomic mass is 10.0. The van der Waals surface area contributed by atoms with Gasteiger partial charge in [0, 0.05) is 21.8 Å². The highest BCUT2D eigenvalue weighted by atomic mass is 32.2. The van der Waals surface area contributed by atoms with Gasteiger partial charge in [0.1, 0.15) is 17.3 Å². The van der Waals surface area contributed by atoms with Crippen LogP contribution in [0.3, 0.4) is 0 Å². The van der Waals surface area contributed by atoms with Gasteiger partial charge in [-0.15, -0.1) is 11.8 Å². The van der Waals surface area contributed by atoms with Crippen LogP contribution in [0.1, 0.15) is 16.1 Å². The summed E-state index contributed by atoms with van der Waals surface area (Å²) in [6.45, 7) is 0. The number of rotatable bonds is 5. The molecule has 0 fully saturated rings. The van der Waals surface area contributed by atoms with E-state index < -0.39 is 26.7 Å². The lowest BCUT2D eigenvalue weighted by Crippen LogP contribution is -2.29. The van der Waals surface area contributed by atoms with Crippen molar-refractivity contribution < 1.29 is 26.9 Å². The quantitative estimate of drug-likeness (QED) is 0.549. The molecule has 1 atom stereocenters. The maximum Gasteiger partial charge on any atom is 0.234 e. The molecule has 4 rings (SSSR count). The minimum Gasteiger partial charge on any atom is -0.497 e. The van der Waals surface area contributed by atoms with E-state index in [0.717, 1.165) is 4.90 Å². The smallest absolute Gasteiger partial charge is 0.234 e. The summed E-state index contributed by atoms with van der Waals surface area (Å²) in [7, 11) is -2.89. The fourth-order valence-electron chi connectivity index (χ4n) is 3.10. The van der Waals surface area contributed by atoms with Crippen molar-refractivity contribution in [1.82, 2.24) is 5.16 Å². The highest BCUT2D eigenvalue weighted by Crippen LogP contribution is 2.43. The van der Waals surface area contributed by atoms with E-state index in [2.05, 4.69) is 5.16 Å². The molecule has 3 aromatic rings. The van der Waals surface area contributed by atoms with Crippen molar-refractivity contribution in [2.24, 2.45) is 0 Å². The van der Waals surface area contributed by atoms with E-state index in [-0.39, 0.29) is 22.1 Å². The lowest BCUT2D eigenvalue weighted by Gasteiger charge is -2.15. The summed E-state index contributed by atoms with van der Waals surface area (Å²) in [5.41, 5.74) is 1.06. The van der Waals surface area contributed by atoms with Crippen LogP contribution in [0.2, 0.25) is 0 Å². The van der Waals surface area contributed by atoms with Gasteiger partial charge in [-0.2, -0.15) is 5.26 Å². The summed E-state index contributed by atoms with van der Waals surface area (Å²) in [5, 5.41) is 11.3. The number of benzene rings is 2. The van der Waals surface area contributed by atoms with Crippen LogP contribution in [0.4, 0.5) is 4.39 Å². The monoisotopic (exact) mass is 444 g/mol. The third kappa shape index (κ3) is 3.26. The van der Waals surface area contributed by atoms with Crippen LogP contribution in [-0.2, 0) is 15.6 Å². The number of thioether (sulfide) groups is 1. The number of hydrogen-bond acceptors (Lipinski definition) is 8. The first-order chi connectivity index (χ1) is 14.4. The Bertz CT molecular complexity index is 1290. The summed E-state index contributed by atoms with van der Waals surface area (Å²) in [6.07, 6.45) is 0. The normalized spacial score (nSPS) is 13.6. The highest BCUT2D eigenvalue weighted by Gasteiger charge is 2.39. The molecule has 1 aromatic heterocycles. The van der Waals surface area contributed by atoms with E-state index >= 15 is 0 Å². The number of fused-ring (bicyclic) bond motifs is 3. The summed E-state index contributed by atoms with van der Waals surface area (Å²) in [4.78, 5) is 13.6. The lowest BCUT2D eigenvalue weighted by molar-refractivity contribution is 0.0964. The topological polar surface area (TPSA) is 110 Å². The zero-order valence-corrected chi connectivity index (χ0v) is 17.1. The summed E-state index contributed by atoms with van der Waals surface area (Å²) < 4.78 is 49.6. The van der Waals surface area contributed by atoms with Gasteiger partial charge in [-0.1, -0.05) is 5.16 Å². The average Bonchev–Trinajstić information content (AvgIpc) is 3.18. The molecular formula is C20H13FN2O5S2. The number of nitrogens with zero attached hydrogens (tertiary/aromatic N) is 2. The Labute approximate surface area is 175 Å². The molecule has 0 amide bonds. The van der Waals surface area contributed by atoms with E-state index in [4.69, 9.17) is 9.26 Å². The van der Waals surface area contributed by atoms with Gasteiger partial charge in [0.25, 0.3) is 0 Å². The number of sulfone groups is 1. The fourth-order valence-corrected chi connectivity index (χ4v) is 5.46. The molecule has 1 aliphatic rings. The highest BCUT2D eigenvalue weighted by molar-refractivity contribution is 7.98. The van der Waals surface area contributed by atoms with Crippen molar-refractivity contribution in [2.75, 3.05) is 7.11 Å². The maximum absolute atomic E-state index is 13.7. The predicted octanol–water partition coefficient (Wildman–Crippen LogP) is 3.64. The van der Waals surface area contributed by atoms with Crippen LogP contribution in [0.25, 0.3) is 11.3 Å². The SMILES string of the molecule is COc1ccc(S(=O)(=O)C(C#N)C(=O)c2onc3c2CSc2ccc(F)cc2-3)cc1. The molecule has 152 valence electrons. The molecule has 0 saturated carbocycles. The van der Waals surface area contributed by atoms with Crippen molar-refractivity contribution in [1.29, 1.82) is 5.26 Å². The minimum atomic E-state index is -4.32. The van der Waals surface area contributed by atoms with Gasteiger partial charge in [0.15, 0.2) is 0 Å². The Balaban J connectivity index is 1.73. The van der Waals surface area contributed by atoms with Gasteiger partial charge in [0.05, 0.1) is 18.1 Å². The Hall–Kier alpha value is -3.16. The van der Waals surface area contributed by atoms with Gasteiger partial charge in [-0.3, -0.25) is 4.79 Å². The zero-order valence-electron chi connectivity index (χ0n) is 15.5. The molecule has 0 radical (unpaired) electrons. The summed E-state index contributed by atoms with van der Waals surface area (Å²) in [5.74, 6) is -1.09. The Kier molecular flexibility index (Phi) is 5.09. The van der Waals surface area contributed by atoms with Gasteiger partial charge in [-0.05, 0) is 42.5 Å². The summed E-state index contributed by atoms with van der Waals surface area (Å²) in [6, 6.07) is 11.1. The molecule has 0 saturated heterocycles. The minimum absolute atomic E-state index is 0.196. The number of hydrogen-bond donors (Lipinski definition) is 0. The number of halogens is 1.